The van der Waals surface area contributed by atoms with Gasteiger partial charge in [0.25, 0.3) is 0 Å². The molecule has 1 heterocycles. The lowest BCUT2D eigenvalue weighted by Gasteiger charge is -2.12. The van der Waals surface area contributed by atoms with Crippen molar-refractivity contribution in [1.82, 2.24) is 10.6 Å². The predicted octanol–water partition coefficient (Wildman–Crippen LogP) is 3.42. The molecular weight excluding hydrogens is 457 g/mol. The van der Waals surface area contributed by atoms with E-state index in [4.69, 9.17) is 13.9 Å². The van der Waals surface area contributed by atoms with E-state index in [1.165, 1.54) is 0 Å². The Morgan fingerprint density at radius 2 is 1.96 bits per heavy atom. The number of nitrogens with one attached hydrogen (secondary N) is 2. The minimum absolute atomic E-state index is 0. The van der Waals surface area contributed by atoms with E-state index in [2.05, 4.69) is 22.2 Å². The molecular formula is C20H28IN3O3. The maximum Gasteiger partial charge on any atom is 0.191 e. The highest BCUT2D eigenvalue weighted by molar-refractivity contribution is 14.0. The number of halogens is 1. The Kier molecular flexibility index (Phi) is 11.1. The van der Waals surface area contributed by atoms with Gasteiger partial charge >= 0.3 is 0 Å². The molecule has 1 aromatic heterocycles. The largest absolute Gasteiger partial charge is 0.493 e. The van der Waals surface area contributed by atoms with Gasteiger partial charge < -0.3 is 24.5 Å². The zero-order valence-electron chi connectivity index (χ0n) is 15.9. The molecule has 0 amide bonds. The summed E-state index contributed by atoms with van der Waals surface area (Å²) in [6.07, 6.45) is 5.09. The zero-order valence-corrected chi connectivity index (χ0v) is 18.2. The number of methoxy groups -OCH3 is 2. The van der Waals surface area contributed by atoms with Crippen LogP contribution in [0.1, 0.15) is 11.3 Å². The number of benzene rings is 1. The van der Waals surface area contributed by atoms with Crippen LogP contribution in [0.4, 0.5) is 0 Å². The molecule has 2 N–H and O–H groups in total. The van der Waals surface area contributed by atoms with Gasteiger partial charge in [0, 0.05) is 26.1 Å². The molecule has 0 radical (unpaired) electrons. The van der Waals surface area contributed by atoms with Crippen LogP contribution in [0.25, 0.3) is 0 Å². The minimum Gasteiger partial charge on any atom is -0.493 e. The van der Waals surface area contributed by atoms with E-state index >= 15 is 0 Å². The highest BCUT2D eigenvalue weighted by Gasteiger charge is 2.05. The number of nitrogens with zero attached hydrogens (tertiary/aromatic N) is 1. The van der Waals surface area contributed by atoms with Crippen LogP contribution in [-0.4, -0.2) is 39.8 Å². The molecule has 0 atom stereocenters. The van der Waals surface area contributed by atoms with Gasteiger partial charge in [-0.1, -0.05) is 12.1 Å². The van der Waals surface area contributed by atoms with E-state index < -0.39 is 0 Å². The van der Waals surface area contributed by atoms with Crippen molar-refractivity contribution in [1.29, 1.82) is 0 Å². The van der Waals surface area contributed by atoms with Crippen LogP contribution in [0.5, 0.6) is 11.5 Å². The summed E-state index contributed by atoms with van der Waals surface area (Å²) in [6.45, 7) is 5.78. The van der Waals surface area contributed by atoms with Crippen molar-refractivity contribution >= 4 is 29.9 Å². The third-order valence-corrected chi connectivity index (χ3v) is 3.78. The number of aliphatic imine (C=N–C) groups is 1. The number of rotatable bonds is 10. The van der Waals surface area contributed by atoms with Gasteiger partial charge in [-0.2, -0.15) is 0 Å². The van der Waals surface area contributed by atoms with E-state index in [0.717, 1.165) is 48.2 Å². The van der Waals surface area contributed by atoms with Crippen LogP contribution in [0, 0.1) is 0 Å². The molecule has 2 rings (SSSR count). The monoisotopic (exact) mass is 485 g/mol. The van der Waals surface area contributed by atoms with Gasteiger partial charge in [0.2, 0.25) is 0 Å². The molecule has 0 spiro atoms. The summed E-state index contributed by atoms with van der Waals surface area (Å²) in [5.74, 6) is 3.17. The second kappa shape index (κ2) is 13.1. The Balaban J connectivity index is 0.00000364. The predicted molar refractivity (Wildman–Crippen MR) is 120 cm³/mol. The summed E-state index contributed by atoms with van der Waals surface area (Å²) in [7, 11) is 3.28. The lowest BCUT2D eigenvalue weighted by atomic mass is 10.1. The third kappa shape index (κ3) is 7.94. The summed E-state index contributed by atoms with van der Waals surface area (Å²) in [5, 5.41) is 6.56. The molecule has 6 nitrogen and oxygen atoms in total. The quantitative estimate of drug-likeness (QED) is 0.234. The SMILES string of the molecule is C=CCNC(=NCCc1ccco1)NCCc1ccc(OC)c(OC)c1.I. The number of furan rings is 1. The molecule has 148 valence electrons. The fourth-order valence-electron chi connectivity index (χ4n) is 2.44. The maximum absolute atomic E-state index is 5.34. The Hall–Kier alpha value is -2.16. The first-order chi connectivity index (χ1) is 12.8. The van der Waals surface area contributed by atoms with E-state index in [1.54, 1.807) is 26.6 Å². The molecule has 7 heteroatoms. The van der Waals surface area contributed by atoms with Crippen molar-refractivity contribution < 1.29 is 13.9 Å². The summed E-state index contributed by atoms with van der Waals surface area (Å²) >= 11 is 0. The zero-order chi connectivity index (χ0) is 18.6. The second-order valence-corrected chi connectivity index (χ2v) is 5.60. The molecule has 0 aliphatic heterocycles. The number of hydrogen-bond acceptors (Lipinski definition) is 4. The molecule has 0 unspecified atom stereocenters. The minimum atomic E-state index is 0. The van der Waals surface area contributed by atoms with E-state index in [9.17, 15) is 0 Å². The van der Waals surface area contributed by atoms with Gasteiger partial charge in [-0.15, -0.1) is 30.6 Å². The third-order valence-electron chi connectivity index (χ3n) is 3.78. The van der Waals surface area contributed by atoms with Gasteiger partial charge in [0.1, 0.15) is 5.76 Å². The van der Waals surface area contributed by atoms with E-state index in [0.29, 0.717) is 13.1 Å². The van der Waals surface area contributed by atoms with Gasteiger partial charge in [-0.3, -0.25) is 4.99 Å². The summed E-state index contributed by atoms with van der Waals surface area (Å²) in [5.41, 5.74) is 1.16. The molecule has 2 aromatic rings. The average molecular weight is 485 g/mol. The van der Waals surface area contributed by atoms with Crippen molar-refractivity contribution in [2.45, 2.75) is 12.8 Å². The summed E-state index contributed by atoms with van der Waals surface area (Å²) in [4.78, 5) is 4.57. The molecule has 0 aliphatic carbocycles. The van der Waals surface area contributed by atoms with Crippen LogP contribution in [-0.2, 0) is 12.8 Å². The van der Waals surface area contributed by atoms with Crippen molar-refractivity contribution in [2.24, 2.45) is 4.99 Å². The van der Waals surface area contributed by atoms with Crippen molar-refractivity contribution in [3.8, 4) is 11.5 Å². The fourth-order valence-corrected chi connectivity index (χ4v) is 2.44. The van der Waals surface area contributed by atoms with E-state index in [-0.39, 0.29) is 24.0 Å². The Morgan fingerprint density at radius 3 is 2.63 bits per heavy atom. The molecule has 0 bridgehead atoms. The van der Waals surface area contributed by atoms with Gasteiger partial charge in [0.05, 0.1) is 20.5 Å². The highest BCUT2D eigenvalue weighted by atomic mass is 127. The first kappa shape index (κ1) is 22.9. The Morgan fingerprint density at radius 1 is 1.15 bits per heavy atom. The molecule has 0 saturated heterocycles. The van der Waals surface area contributed by atoms with Crippen molar-refractivity contribution in [3.05, 3.63) is 60.6 Å². The van der Waals surface area contributed by atoms with Crippen LogP contribution in [0.2, 0.25) is 0 Å². The van der Waals surface area contributed by atoms with Gasteiger partial charge in [-0.25, -0.2) is 0 Å². The number of ether oxygens (including phenoxy) is 2. The van der Waals surface area contributed by atoms with Crippen molar-refractivity contribution in [2.75, 3.05) is 33.9 Å². The molecule has 0 saturated carbocycles. The number of guanidine groups is 1. The topological polar surface area (TPSA) is 68.0 Å². The summed E-state index contributed by atoms with van der Waals surface area (Å²) < 4.78 is 15.9. The highest BCUT2D eigenvalue weighted by Crippen LogP contribution is 2.27. The maximum atomic E-state index is 5.34. The van der Waals surface area contributed by atoms with Crippen LogP contribution in [0.3, 0.4) is 0 Å². The van der Waals surface area contributed by atoms with Crippen LogP contribution >= 0.6 is 24.0 Å². The first-order valence-corrected chi connectivity index (χ1v) is 8.63. The first-order valence-electron chi connectivity index (χ1n) is 8.63. The lowest BCUT2D eigenvalue weighted by Crippen LogP contribution is -2.38. The normalized spacial score (nSPS) is 10.7. The fraction of sp³-hybridized carbons (Fsp3) is 0.350. The Bertz CT molecular complexity index is 703. The molecule has 0 fully saturated rings. The molecule has 1 aromatic carbocycles. The van der Waals surface area contributed by atoms with Crippen LogP contribution in [0.15, 0.2) is 58.7 Å². The average Bonchev–Trinajstić information content (AvgIpc) is 3.19. The van der Waals surface area contributed by atoms with Gasteiger partial charge in [-0.05, 0) is 36.2 Å². The summed E-state index contributed by atoms with van der Waals surface area (Å²) in [6, 6.07) is 9.79. The number of hydrogen-bond donors (Lipinski definition) is 2. The van der Waals surface area contributed by atoms with Crippen LogP contribution < -0.4 is 20.1 Å². The van der Waals surface area contributed by atoms with E-state index in [1.807, 2.05) is 30.3 Å². The lowest BCUT2D eigenvalue weighted by molar-refractivity contribution is 0.354. The molecule has 0 aliphatic rings. The van der Waals surface area contributed by atoms with Crippen molar-refractivity contribution in [3.63, 3.8) is 0 Å². The van der Waals surface area contributed by atoms with Gasteiger partial charge in [0.15, 0.2) is 17.5 Å². The Labute approximate surface area is 178 Å². The second-order valence-electron chi connectivity index (χ2n) is 5.60. The smallest absolute Gasteiger partial charge is 0.191 e. The molecule has 27 heavy (non-hydrogen) atoms. The standard InChI is InChI=1S/C20H27N3O3.HI/c1-4-11-21-20(23-13-10-17-6-5-14-26-17)22-12-9-16-7-8-18(24-2)19(15-16)25-3;/h4-8,14-15H,1,9-13H2,2-3H3,(H2,21,22,23);1H.